The molecule has 0 heterocycles. The van der Waals surface area contributed by atoms with Crippen LogP contribution in [-0.2, 0) is 9.63 Å². The first-order chi connectivity index (χ1) is 6.74. The SMILES string of the molecule is CNCN(OC(C)=O)c1ccccc1. The molecule has 0 atom stereocenters. The van der Waals surface area contributed by atoms with E-state index in [0.29, 0.717) is 6.67 Å². The van der Waals surface area contributed by atoms with E-state index < -0.39 is 0 Å². The van der Waals surface area contributed by atoms with Gasteiger partial charge in [-0.25, -0.2) is 0 Å². The van der Waals surface area contributed by atoms with Crippen molar-refractivity contribution >= 4 is 11.7 Å². The number of hydrogen-bond donors (Lipinski definition) is 1. The minimum atomic E-state index is -0.330. The average molecular weight is 194 g/mol. The molecule has 0 aliphatic carbocycles. The fraction of sp³-hybridized carbons (Fsp3) is 0.300. The highest BCUT2D eigenvalue weighted by Gasteiger charge is 2.07. The highest BCUT2D eigenvalue weighted by molar-refractivity contribution is 5.67. The second-order valence-corrected chi connectivity index (χ2v) is 2.81. The molecule has 0 radical (unpaired) electrons. The first kappa shape index (κ1) is 10.5. The summed E-state index contributed by atoms with van der Waals surface area (Å²) in [6.45, 7) is 1.84. The molecule has 0 bridgehead atoms. The summed E-state index contributed by atoms with van der Waals surface area (Å²) in [5.74, 6) is -0.330. The van der Waals surface area contributed by atoms with Gasteiger partial charge in [0, 0.05) is 6.92 Å². The second-order valence-electron chi connectivity index (χ2n) is 2.81. The van der Waals surface area contributed by atoms with Gasteiger partial charge in [0.2, 0.25) is 0 Å². The predicted molar refractivity (Wildman–Crippen MR) is 54.6 cm³/mol. The summed E-state index contributed by atoms with van der Waals surface area (Å²) in [5.41, 5.74) is 0.844. The van der Waals surface area contributed by atoms with Crippen molar-refractivity contribution in [2.45, 2.75) is 6.92 Å². The second kappa shape index (κ2) is 5.24. The van der Waals surface area contributed by atoms with Crippen molar-refractivity contribution in [1.29, 1.82) is 0 Å². The maximum Gasteiger partial charge on any atom is 0.329 e. The Morgan fingerprint density at radius 1 is 1.43 bits per heavy atom. The number of carbonyl (C=O) groups excluding carboxylic acids is 1. The van der Waals surface area contributed by atoms with Crippen LogP contribution in [0.25, 0.3) is 0 Å². The number of carbonyl (C=O) groups is 1. The van der Waals surface area contributed by atoms with Gasteiger partial charge in [0.05, 0.1) is 5.69 Å². The Balaban J connectivity index is 2.72. The summed E-state index contributed by atoms with van der Waals surface area (Å²) in [4.78, 5) is 15.8. The maximum absolute atomic E-state index is 10.8. The predicted octanol–water partition coefficient (Wildman–Crippen LogP) is 1.15. The fourth-order valence-corrected chi connectivity index (χ4v) is 1.07. The van der Waals surface area contributed by atoms with Gasteiger partial charge in [-0.2, -0.15) is 5.06 Å². The standard InChI is InChI=1S/C10H14N2O2/c1-9(13)14-12(8-11-2)10-6-4-3-5-7-10/h3-7,11H,8H2,1-2H3. The lowest BCUT2D eigenvalue weighted by Crippen LogP contribution is -2.33. The summed E-state index contributed by atoms with van der Waals surface area (Å²) in [6, 6.07) is 9.44. The average Bonchev–Trinajstić information content (AvgIpc) is 2.18. The number of nitrogens with zero attached hydrogens (tertiary/aromatic N) is 1. The van der Waals surface area contributed by atoms with Gasteiger partial charge in [0.25, 0.3) is 0 Å². The molecule has 0 unspecified atom stereocenters. The normalized spacial score (nSPS) is 9.57. The van der Waals surface area contributed by atoms with Crippen LogP contribution in [0.4, 0.5) is 5.69 Å². The number of rotatable bonds is 4. The van der Waals surface area contributed by atoms with Crippen LogP contribution in [0.15, 0.2) is 30.3 Å². The van der Waals surface area contributed by atoms with Crippen LogP contribution in [0.1, 0.15) is 6.92 Å². The van der Waals surface area contributed by atoms with Crippen LogP contribution in [0.3, 0.4) is 0 Å². The molecule has 0 saturated carbocycles. The van der Waals surface area contributed by atoms with Crippen molar-refractivity contribution in [2.75, 3.05) is 18.8 Å². The minimum absolute atomic E-state index is 0.330. The first-order valence-corrected chi connectivity index (χ1v) is 4.39. The Morgan fingerprint density at radius 2 is 2.07 bits per heavy atom. The largest absolute Gasteiger partial charge is 0.340 e. The molecule has 14 heavy (non-hydrogen) atoms. The number of anilines is 1. The molecule has 0 amide bonds. The Kier molecular flexibility index (Phi) is 3.94. The molecular weight excluding hydrogens is 180 g/mol. The molecule has 0 aromatic heterocycles. The fourth-order valence-electron chi connectivity index (χ4n) is 1.07. The Hall–Kier alpha value is -1.55. The van der Waals surface area contributed by atoms with Gasteiger partial charge in [-0.05, 0) is 19.2 Å². The molecular formula is C10H14N2O2. The van der Waals surface area contributed by atoms with Crippen LogP contribution >= 0.6 is 0 Å². The number of nitrogens with one attached hydrogen (secondary N) is 1. The molecule has 0 aliphatic heterocycles. The summed E-state index contributed by atoms with van der Waals surface area (Å²) >= 11 is 0. The molecule has 1 aromatic rings. The van der Waals surface area contributed by atoms with E-state index in [0.717, 1.165) is 5.69 Å². The summed E-state index contributed by atoms with van der Waals surface area (Å²) in [5, 5.41) is 4.42. The highest BCUT2D eigenvalue weighted by Crippen LogP contribution is 2.12. The monoisotopic (exact) mass is 194 g/mol. The number of para-hydroxylation sites is 1. The van der Waals surface area contributed by atoms with Crippen molar-refractivity contribution in [1.82, 2.24) is 5.32 Å². The van der Waals surface area contributed by atoms with Gasteiger partial charge < -0.3 is 10.2 Å². The number of hydrogen-bond acceptors (Lipinski definition) is 4. The van der Waals surface area contributed by atoms with E-state index in [4.69, 9.17) is 4.84 Å². The van der Waals surface area contributed by atoms with Crippen LogP contribution in [0.2, 0.25) is 0 Å². The quantitative estimate of drug-likeness (QED) is 0.576. The van der Waals surface area contributed by atoms with Gasteiger partial charge >= 0.3 is 5.97 Å². The summed E-state index contributed by atoms with van der Waals surface area (Å²) in [6.07, 6.45) is 0. The zero-order valence-electron chi connectivity index (χ0n) is 8.36. The highest BCUT2D eigenvalue weighted by atomic mass is 16.7. The van der Waals surface area contributed by atoms with Gasteiger partial charge in [-0.3, -0.25) is 4.79 Å². The molecule has 1 N–H and O–H groups in total. The van der Waals surface area contributed by atoms with Gasteiger partial charge in [-0.1, -0.05) is 18.2 Å². The lowest BCUT2D eigenvalue weighted by molar-refractivity contribution is -0.142. The zero-order chi connectivity index (χ0) is 10.4. The minimum Gasteiger partial charge on any atom is -0.340 e. The molecule has 0 saturated heterocycles. The Bertz CT molecular complexity index is 287. The molecule has 1 rings (SSSR count). The van der Waals surface area contributed by atoms with Crippen molar-refractivity contribution in [3.63, 3.8) is 0 Å². The van der Waals surface area contributed by atoms with E-state index >= 15 is 0 Å². The summed E-state index contributed by atoms with van der Waals surface area (Å²) < 4.78 is 0. The lowest BCUT2D eigenvalue weighted by Gasteiger charge is -2.21. The van der Waals surface area contributed by atoms with Crippen molar-refractivity contribution < 1.29 is 9.63 Å². The molecule has 0 spiro atoms. The van der Waals surface area contributed by atoms with Crippen LogP contribution < -0.4 is 10.4 Å². The maximum atomic E-state index is 10.8. The molecule has 76 valence electrons. The molecule has 0 aliphatic rings. The number of benzene rings is 1. The van der Waals surface area contributed by atoms with Gasteiger partial charge in [-0.15, -0.1) is 0 Å². The topological polar surface area (TPSA) is 41.6 Å². The van der Waals surface area contributed by atoms with Crippen molar-refractivity contribution in [3.8, 4) is 0 Å². The zero-order valence-corrected chi connectivity index (χ0v) is 8.36. The number of hydroxylamine groups is 1. The molecule has 4 heteroatoms. The van der Waals surface area contributed by atoms with E-state index in [2.05, 4.69) is 5.32 Å². The van der Waals surface area contributed by atoms with Crippen LogP contribution in [0.5, 0.6) is 0 Å². The van der Waals surface area contributed by atoms with E-state index in [9.17, 15) is 4.79 Å². The van der Waals surface area contributed by atoms with Crippen molar-refractivity contribution in [3.05, 3.63) is 30.3 Å². The van der Waals surface area contributed by atoms with E-state index in [1.165, 1.54) is 12.0 Å². The van der Waals surface area contributed by atoms with E-state index in [1.807, 2.05) is 30.3 Å². The smallest absolute Gasteiger partial charge is 0.329 e. The van der Waals surface area contributed by atoms with Crippen molar-refractivity contribution in [2.24, 2.45) is 0 Å². The third kappa shape index (κ3) is 3.06. The molecule has 0 fully saturated rings. The third-order valence-corrected chi connectivity index (χ3v) is 1.58. The first-order valence-electron chi connectivity index (χ1n) is 4.39. The summed E-state index contributed by atoms with van der Waals surface area (Å²) in [7, 11) is 1.79. The van der Waals surface area contributed by atoms with Gasteiger partial charge in [0.15, 0.2) is 0 Å². The molecule has 4 nitrogen and oxygen atoms in total. The lowest BCUT2D eigenvalue weighted by atomic mass is 10.3. The third-order valence-electron chi connectivity index (χ3n) is 1.58. The Morgan fingerprint density at radius 3 is 2.57 bits per heavy atom. The van der Waals surface area contributed by atoms with Crippen LogP contribution in [0, 0.1) is 0 Å². The molecule has 1 aromatic carbocycles. The van der Waals surface area contributed by atoms with E-state index in [1.54, 1.807) is 7.05 Å². The van der Waals surface area contributed by atoms with E-state index in [-0.39, 0.29) is 5.97 Å². The Labute approximate surface area is 83.4 Å². The van der Waals surface area contributed by atoms with Crippen LogP contribution in [-0.4, -0.2) is 19.7 Å². The van der Waals surface area contributed by atoms with Gasteiger partial charge in [0.1, 0.15) is 6.67 Å².